The molecular weight excluding hydrogens is 328 g/mol. The van der Waals surface area contributed by atoms with Crippen molar-refractivity contribution in [1.82, 2.24) is 4.98 Å². The fraction of sp³-hybridized carbons (Fsp3) is 0.250. The lowest BCUT2D eigenvalue weighted by atomic mass is 10.2. The van der Waals surface area contributed by atoms with Crippen LogP contribution >= 0.6 is 11.3 Å². The number of carbonyl (C=O) groups excluding carboxylic acids is 2. The van der Waals surface area contributed by atoms with Gasteiger partial charge in [0.2, 0.25) is 5.91 Å². The molecule has 8 heteroatoms. The lowest BCUT2D eigenvalue weighted by Crippen LogP contribution is -2.34. The highest BCUT2D eigenvalue weighted by Gasteiger charge is 2.35. The standard InChI is InChI=1S/C16H14N4O3S/c1-23-16(22)11-5-8-24-15(11)20-7-4-12(14(20)21)19-13-10(9-17)3-2-6-18-13/h2-3,5-6,8,12H,4,7H2,1H3,(H,18,19). The Bertz CT molecular complexity index is 827. The van der Waals surface area contributed by atoms with Crippen LogP contribution in [0.5, 0.6) is 0 Å². The number of nitriles is 1. The molecule has 1 atom stereocenters. The van der Waals surface area contributed by atoms with Crippen LogP contribution in [0.15, 0.2) is 29.8 Å². The van der Waals surface area contributed by atoms with E-state index in [0.717, 1.165) is 0 Å². The maximum Gasteiger partial charge on any atom is 0.340 e. The average Bonchev–Trinajstić information content (AvgIpc) is 3.22. The molecule has 2 aromatic heterocycles. The van der Waals surface area contributed by atoms with Crippen LogP contribution in [0.2, 0.25) is 0 Å². The van der Waals surface area contributed by atoms with E-state index in [4.69, 9.17) is 10.00 Å². The van der Waals surface area contributed by atoms with Crippen molar-refractivity contribution in [2.75, 3.05) is 23.9 Å². The van der Waals surface area contributed by atoms with E-state index < -0.39 is 12.0 Å². The van der Waals surface area contributed by atoms with Gasteiger partial charge >= 0.3 is 5.97 Å². The van der Waals surface area contributed by atoms with Gasteiger partial charge in [-0.25, -0.2) is 9.78 Å². The molecule has 1 unspecified atom stereocenters. The number of carbonyl (C=O) groups is 2. The first-order valence-corrected chi connectivity index (χ1v) is 8.12. The number of aromatic nitrogens is 1. The van der Waals surface area contributed by atoms with Crippen LogP contribution in [0.4, 0.5) is 10.8 Å². The van der Waals surface area contributed by atoms with Crippen molar-refractivity contribution in [3.05, 3.63) is 40.9 Å². The Hall–Kier alpha value is -2.92. The van der Waals surface area contributed by atoms with Crippen LogP contribution in [0, 0.1) is 11.3 Å². The van der Waals surface area contributed by atoms with Crippen LogP contribution in [-0.4, -0.2) is 36.6 Å². The van der Waals surface area contributed by atoms with Gasteiger partial charge in [0.05, 0.1) is 18.2 Å². The van der Waals surface area contributed by atoms with Crippen LogP contribution in [0.3, 0.4) is 0 Å². The molecule has 3 heterocycles. The molecule has 0 spiro atoms. The molecule has 3 rings (SSSR count). The van der Waals surface area contributed by atoms with Gasteiger partial charge in [-0.1, -0.05) is 0 Å². The van der Waals surface area contributed by atoms with Gasteiger partial charge in [-0.15, -0.1) is 11.3 Å². The Balaban J connectivity index is 1.80. The minimum atomic E-state index is -0.486. The third-order valence-electron chi connectivity index (χ3n) is 3.74. The van der Waals surface area contributed by atoms with Gasteiger partial charge in [0.25, 0.3) is 0 Å². The van der Waals surface area contributed by atoms with Crippen molar-refractivity contribution >= 4 is 34.0 Å². The fourth-order valence-corrected chi connectivity index (χ4v) is 3.49. The van der Waals surface area contributed by atoms with E-state index in [2.05, 4.69) is 10.3 Å². The number of anilines is 2. The summed E-state index contributed by atoms with van der Waals surface area (Å²) in [6, 6.07) is 6.51. The SMILES string of the molecule is COC(=O)c1ccsc1N1CCC(Nc2ncccc2C#N)C1=O. The van der Waals surface area contributed by atoms with E-state index in [0.29, 0.717) is 34.9 Å². The van der Waals surface area contributed by atoms with Crippen molar-refractivity contribution in [1.29, 1.82) is 5.26 Å². The molecule has 0 bridgehead atoms. The molecule has 122 valence electrons. The Morgan fingerprint density at radius 2 is 2.38 bits per heavy atom. The number of nitrogens with one attached hydrogen (secondary N) is 1. The summed E-state index contributed by atoms with van der Waals surface area (Å²) in [7, 11) is 1.31. The van der Waals surface area contributed by atoms with Crippen molar-refractivity contribution < 1.29 is 14.3 Å². The minimum Gasteiger partial charge on any atom is -0.465 e. The number of hydrogen-bond acceptors (Lipinski definition) is 7. The van der Waals surface area contributed by atoms with E-state index in [1.807, 2.05) is 6.07 Å². The normalized spacial score (nSPS) is 16.8. The summed E-state index contributed by atoms with van der Waals surface area (Å²) in [5, 5.41) is 14.5. The smallest absolute Gasteiger partial charge is 0.340 e. The van der Waals surface area contributed by atoms with E-state index in [1.54, 1.807) is 34.7 Å². The highest BCUT2D eigenvalue weighted by Crippen LogP contribution is 2.32. The lowest BCUT2D eigenvalue weighted by Gasteiger charge is -2.17. The van der Waals surface area contributed by atoms with Gasteiger partial charge in [-0.3, -0.25) is 4.79 Å². The average molecular weight is 342 g/mol. The molecular formula is C16H14N4O3S. The monoisotopic (exact) mass is 342 g/mol. The Morgan fingerprint density at radius 3 is 3.12 bits per heavy atom. The van der Waals surface area contributed by atoms with Crippen molar-refractivity contribution in [3.63, 3.8) is 0 Å². The summed E-state index contributed by atoms with van der Waals surface area (Å²) in [5.74, 6) is -0.233. The zero-order valence-corrected chi connectivity index (χ0v) is 13.7. The maximum absolute atomic E-state index is 12.7. The van der Waals surface area contributed by atoms with Crippen LogP contribution in [0.1, 0.15) is 22.3 Å². The molecule has 1 saturated heterocycles. The molecule has 1 fully saturated rings. The minimum absolute atomic E-state index is 0.155. The molecule has 1 aliphatic heterocycles. The van der Waals surface area contributed by atoms with Crippen molar-refractivity contribution in [2.45, 2.75) is 12.5 Å². The molecule has 0 radical (unpaired) electrons. The summed E-state index contributed by atoms with van der Waals surface area (Å²) in [4.78, 5) is 30.2. The number of amides is 1. The molecule has 24 heavy (non-hydrogen) atoms. The first kappa shape index (κ1) is 16.0. The summed E-state index contributed by atoms with van der Waals surface area (Å²) >= 11 is 1.32. The van der Waals surface area contributed by atoms with Crippen molar-refractivity contribution in [2.24, 2.45) is 0 Å². The van der Waals surface area contributed by atoms with Crippen LogP contribution < -0.4 is 10.2 Å². The molecule has 0 aromatic carbocycles. The quantitative estimate of drug-likeness (QED) is 0.854. The Morgan fingerprint density at radius 1 is 1.54 bits per heavy atom. The predicted molar refractivity (Wildman–Crippen MR) is 89.0 cm³/mol. The van der Waals surface area contributed by atoms with Gasteiger partial charge in [0.1, 0.15) is 22.9 Å². The van der Waals surface area contributed by atoms with Gasteiger partial charge in [0.15, 0.2) is 0 Å². The first-order valence-electron chi connectivity index (χ1n) is 7.24. The van der Waals surface area contributed by atoms with Crippen molar-refractivity contribution in [3.8, 4) is 6.07 Å². The highest BCUT2D eigenvalue weighted by atomic mass is 32.1. The largest absolute Gasteiger partial charge is 0.465 e. The second-order valence-corrected chi connectivity index (χ2v) is 6.01. The third-order valence-corrected chi connectivity index (χ3v) is 4.68. The summed E-state index contributed by atoms with van der Waals surface area (Å²) < 4.78 is 4.75. The van der Waals surface area contributed by atoms with E-state index in [9.17, 15) is 9.59 Å². The zero-order chi connectivity index (χ0) is 17.1. The number of pyridine rings is 1. The predicted octanol–water partition coefficient (Wildman–Crippen LogP) is 2.02. The van der Waals surface area contributed by atoms with E-state index in [1.165, 1.54) is 18.4 Å². The summed E-state index contributed by atoms with van der Waals surface area (Å²) in [6.45, 7) is 0.482. The zero-order valence-electron chi connectivity index (χ0n) is 12.9. The summed E-state index contributed by atoms with van der Waals surface area (Å²) in [5.41, 5.74) is 0.766. The number of nitrogens with zero attached hydrogens (tertiary/aromatic N) is 3. The number of methoxy groups -OCH3 is 1. The van der Waals surface area contributed by atoms with E-state index >= 15 is 0 Å². The van der Waals surface area contributed by atoms with Gasteiger partial charge in [-0.2, -0.15) is 5.26 Å². The lowest BCUT2D eigenvalue weighted by molar-refractivity contribution is -0.117. The molecule has 1 N–H and O–H groups in total. The van der Waals surface area contributed by atoms with Crippen LogP contribution in [0.25, 0.3) is 0 Å². The van der Waals surface area contributed by atoms with Crippen LogP contribution in [-0.2, 0) is 9.53 Å². The van der Waals surface area contributed by atoms with E-state index in [-0.39, 0.29) is 5.91 Å². The van der Waals surface area contributed by atoms with Gasteiger partial charge in [-0.05, 0) is 30.0 Å². The summed E-state index contributed by atoms with van der Waals surface area (Å²) in [6.07, 6.45) is 2.12. The molecule has 1 aliphatic rings. The number of thiophene rings is 1. The third kappa shape index (κ3) is 2.81. The molecule has 1 amide bonds. The second-order valence-electron chi connectivity index (χ2n) is 5.12. The second kappa shape index (κ2) is 6.68. The topological polar surface area (TPSA) is 95.3 Å². The number of esters is 1. The first-order chi connectivity index (χ1) is 11.7. The highest BCUT2D eigenvalue weighted by molar-refractivity contribution is 7.14. The molecule has 0 aliphatic carbocycles. The molecule has 0 saturated carbocycles. The van der Waals surface area contributed by atoms with Gasteiger partial charge in [0, 0.05) is 12.7 Å². The number of rotatable bonds is 4. The number of ether oxygens (including phenoxy) is 1. The Kier molecular flexibility index (Phi) is 4.44. The maximum atomic E-state index is 12.7. The van der Waals surface area contributed by atoms with Gasteiger partial charge < -0.3 is 15.0 Å². The fourth-order valence-electron chi connectivity index (χ4n) is 2.57. The molecule has 2 aromatic rings. The number of hydrogen-bond donors (Lipinski definition) is 1. The molecule has 7 nitrogen and oxygen atoms in total. The Labute approximate surface area is 142 Å².